The van der Waals surface area contributed by atoms with Crippen molar-refractivity contribution in [1.82, 2.24) is 0 Å². The summed E-state index contributed by atoms with van der Waals surface area (Å²) in [4.78, 5) is 0. The number of hydrogen-bond acceptors (Lipinski definition) is 7. The van der Waals surface area contributed by atoms with E-state index in [1.54, 1.807) is 12.1 Å². The van der Waals surface area contributed by atoms with Crippen molar-refractivity contribution in [3.8, 4) is 0 Å². The van der Waals surface area contributed by atoms with Crippen LogP contribution in [0, 0.1) is 0 Å². The highest BCUT2D eigenvalue weighted by molar-refractivity contribution is 6.36. The zero-order valence-corrected chi connectivity index (χ0v) is 12.3. The average Bonchev–Trinajstić information content (AvgIpc) is 2.46. The Balaban J connectivity index is 2.59. The minimum absolute atomic E-state index is 0.311. The molecule has 9 heteroatoms. The van der Waals surface area contributed by atoms with E-state index in [4.69, 9.17) is 33.4 Å². The number of hydrazone groups is 1. The first-order valence-corrected chi connectivity index (χ1v) is 6.69. The lowest BCUT2D eigenvalue weighted by Crippen LogP contribution is -2.46. The molecule has 0 bridgehead atoms. The lowest BCUT2D eigenvalue weighted by molar-refractivity contribution is -0.0999. The first-order chi connectivity index (χ1) is 9.86. The quantitative estimate of drug-likeness (QED) is 0.303. The van der Waals surface area contributed by atoms with Crippen molar-refractivity contribution in [3.63, 3.8) is 0 Å². The Morgan fingerprint density at radius 3 is 2.38 bits per heavy atom. The molecule has 21 heavy (non-hydrogen) atoms. The van der Waals surface area contributed by atoms with Crippen LogP contribution in [0.4, 0.5) is 5.69 Å². The standard InChI is InChI=1S/C12H16Cl2N2O5/c13-6-1-2-8(7(14)3-6)16-15-4-9(18)11(20)12(21)10(19)5-17/h1-4,9-12,16-21H,5H2/t9-,10+,11+,12-/m0/s1. The average molecular weight is 339 g/mol. The Morgan fingerprint density at radius 2 is 1.81 bits per heavy atom. The monoisotopic (exact) mass is 338 g/mol. The molecule has 1 rings (SSSR count). The van der Waals surface area contributed by atoms with E-state index < -0.39 is 31.0 Å². The van der Waals surface area contributed by atoms with Crippen LogP contribution >= 0.6 is 23.2 Å². The number of benzene rings is 1. The predicted molar refractivity (Wildman–Crippen MR) is 79.7 cm³/mol. The maximum atomic E-state index is 9.58. The normalized spacial score (nSPS) is 17.5. The Hall–Kier alpha value is -0.930. The molecule has 1 aromatic carbocycles. The molecule has 1 aromatic rings. The van der Waals surface area contributed by atoms with E-state index >= 15 is 0 Å². The third kappa shape index (κ3) is 5.40. The number of halogens is 2. The second-order valence-electron chi connectivity index (χ2n) is 4.24. The van der Waals surface area contributed by atoms with Gasteiger partial charge < -0.3 is 25.5 Å². The van der Waals surface area contributed by atoms with Crippen molar-refractivity contribution in [1.29, 1.82) is 0 Å². The number of rotatable bonds is 7. The third-order valence-corrected chi connectivity index (χ3v) is 3.17. The first kappa shape index (κ1) is 18.1. The van der Waals surface area contributed by atoms with Crippen molar-refractivity contribution in [2.24, 2.45) is 5.10 Å². The fourth-order valence-corrected chi connectivity index (χ4v) is 1.84. The summed E-state index contributed by atoms with van der Waals surface area (Å²) < 4.78 is 0. The molecular formula is C12H16Cl2N2O5. The molecule has 0 radical (unpaired) electrons. The smallest absolute Gasteiger partial charge is 0.119 e. The van der Waals surface area contributed by atoms with Gasteiger partial charge in [-0.1, -0.05) is 23.2 Å². The van der Waals surface area contributed by atoms with Crippen LogP contribution in [0.1, 0.15) is 0 Å². The van der Waals surface area contributed by atoms with Gasteiger partial charge >= 0.3 is 0 Å². The number of hydrogen-bond donors (Lipinski definition) is 6. The fraction of sp³-hybridized carbons (Fsp3) is 0.417. The van der Waals surface area contributed by atoms with Gasteiger partial charge in [-0.15, -0.1) is 0 Å². The van der Waals surface area contributed by atoms with Crippen LogP contribution in [0.3, 0.4) is 0 Å². The van der Waals surface area contributed by atoms with Crippen LogP contribution in [-0.4, -0.2) is 62.8 Å². The maximum absolute atomic E-state index is 9.58. The molecule has 0 spiro atoms. The molecule has 0 aliphatic heterocycles. The Labute approximate surface area is 131 Å². The number of aliphatic hydroxyl groups is 5. The van der Waals surface area contributed by atoms with Gasteiger partial charge in [-0.05, 0) is 18.2 Å². The van der Waals surface area contributed by atoms with E-state index in [0.29, 0.717) is 15.7 Å². The zero-order chi connectivity index (χ0) is 16.0. The molecule has 0 aliphatic carbocycles. The summed E-state index contributed by atoms with van der Waals surface area (Å²) in [7, 11) is 0. The van der Waals surface area contributed by atoms with Crippen LogP contribution in [0.5, 0.6) is 0 Å². The highest BCUT2D eigenvalue weighted by Crippen LogP contribution is 2.25. The van der Waals surface area contributed by atoms with Gasteiger partial charge in [0, 0.05) is 5.02 Å². The highest BCUT2D eigenvalue weighted by Gasteiger charge is 2.29. The van der Waals surface area contributed by atoms with Crippen molar-refractivity contribution in [2.75, 3.05) is 12.0 Å². The van der Waals surface area contributed by atoms with Crippen LogP contribution < -0.4 is 5.43 Å². The van der Waals surface area contributed by atoms with E-state index in [2.05, 4.69) is 10.5 Å². The second-order valence-corrected chi connectivity index (χ2v) is 5.08. The molecule has 6 N–H and O–H groups in total. The molecule has 118 valence electrons. The number of nitrogens with zero attached hydrogens (tertiary/aromatic N) is 1. The summed E-state index contributed by atoms with van der Waals surface area (Å²) in [5, 5.41) is 50.7. The van der Waals surface area contributed by atoms with Gasteiger partial charge in [0.2, 0.25) is 0 Å². The zero-order valence-electron chi connectivity index (χ0n) is 10.8. The van der Waals surface area contributed by atoms with Crippen LogP contribution in [0.25, 0.3) is 0 Å². The molecule has 7 nitrogen and oxygen atoms in total. The van der Waals surface area contributed by atoms with Crippen molar-refractivity contribution >= 4 is 35.1 Å². The lowest BCUT2D eigenvalue weighted by atomic mass is 10.0. The molecule has 0 amide bonds. The summed E-state index contributed by atoms with van der Waals surface area (Å²) >= 11 is 11.6. The Morgan fingerprint density at radius 1 is 1.14 bits per heavy atom. The van der Waals surface area contributed by atoms with Gasteiger partial charge in [-0.2, -0.15) is 5.10 Å². The van der Waals surface area contributed by atoms with E-state index in [-0.39, 0.29) is 0 Å². The van der Waals surface area contributed by atoms with Crippen molar-refractivity contribution in [2.45, 2.75) is 24.4 Å². The van der Waals surface area contributed by atoms with Gasteiger partial charge in [0.1, 0.15) is 24.4 Å². The number of aliphatic hydroxyl groups excluding tert-OH is 5. The molecule has 0 unspecified atom stereocenters. The molecule has 0 saturated heterocycles. The maximum Gasteiger partial charge on any atom is 0.119 e. The largest absolute Gasteiger partial charge is 0.394 e. The van der Waals surface area contributed by atoms with E-state index in [1.807, 2.05) is 0 Å². The highest BCUT2D eigenvalue weighted by atomic mass is 35.5. The Kier molecular flexibility index (Phi) is 7.33. The lowest BCUT2D eigenvalue weighted by Gasteiger charge is -2.23. The molecule has 0 aromatic heterocycles. The number of anilines is 1. The van der Waals surface area contributed by atoms with E-state index in [9.17, 15) is 15.3 Å². The molecule has 0 fully saturated rings. The second kappa shape index (κ2) is 8.50. The topological polar surface area (TPSA) is 126 Å². The predicted octanol–water partition coefficient (Wildman–Crippen LogP) is -0.173. The van der Waals surface area contributed by atoms with Gasteiger partial charge in [0.25, 0.3) is 0 Å². The SMILES string of the molecule is OC[C@@H](O)[C@H](O)[C@H](O)[C@@H](O)C=NNc1ccc(Cl)cc1Cl. The van der Waals surface area contributed by atoms with Crippen molar-refractivity contribution < 1.29 is 25.5 Å². The number of nitrogens with one attached hydrogen (secondary N) is 1. The molecule has 0 aliphatic rings. The fourth-order valence-electron chi connectivity index (χ4n) is 1.39. The minimum atomic E-state index is -1.71. The van der Waals surface area contributed by atoms with E-state index in [0.717, 1.165) is 6.21 Å². The third-order valence-electron chi connectivity index (χ3n) is 2.62. The van der Waals surface area contributed by atoms with Crippen LogP contribution in [-0.2, 0) is 0 Å². The molecule has 4 atom stereocenters. The van der Waals surface area contributed by atoms with Gasteiger partial charge in [0.05, 0.1) is 23.5 Å². The molecular weight excluding hydrogens is 323 g/mol. The van der Waals surface area contributed by atoms with Crippen LogP contribution in [0.2, 0.25) is 10.0 Å². The Bertz CT molecular complexity index is 489. The van der Waals surface area contributed by atoms with Crippen LogP contribution in [0.15, 0.2) is 23.3 Å². The minimum Gasteiger partial charge on any atom is -0.394 e. The van der Waals surface area contributed by atoms with Gasteiger partial charge in [-0.25, -0.2) is 0 Å². The van der Waals surface area contributed by atoms with Gasteiger partial charge in [-0.3, -0.25) is 5.43 Å². The summed E-state index contributed by atoms with van der Waals surface area (Å²) in [6.07, 6.45) is -5.63. The summed E-state index contributed by atoms with van der Waals surface area (Å²) in [6, 6.07) is 4.64. The molecule has 0 saturated carbocycles. The van der Waals surface area contributed by atoms with Crippen molar-refractivity contribution in [3.05, 3.63) is 28.2 Å². The summed E-state index contributed by atoms with van der Waals surface area (Å²) in [6.45, 7) is -0.749. The molecule has 0 heterocycles. The first-order valence-electron chi connectivity index (χ1n) is 5.94. The van der Waals surface area contributed by atoms with Gasteiger partial charge in [0.15, 0.2) is 0 Å². The summed E-state index contributed by atoms with van der Waals surface area (Å²) in [5.74, 6) is 0. The van der Waals surface area contributed by atoms with E-state index in [1.165, 1.54) is 6.07 Å². The summed E-state index contributed by atoms with van der Waals surface area (Å²) in [5.41, 5.74) is 2.95.